The molecule has 166 valence electrons. The van der Waals surface area contributed by atoms with Gasteiger partial charge in [0.05, 0.1) is 21.0 Å². The summed E-state index contributed by atoms with van der Waals surface area (Å²) in [4.78, 5) is 37.3. The van der Waals surface area contributed by atoms with Crippen LogP contribution in [0.1, 0.15) is 37.6 Å². The van der Waals surface area contributed by atoms with Gasteiger partial charge < -0.3 is 15.8 Å². The molecule has 0 saturated carbocycles. The first kappa shape index (κ1) is 23.2. The number of halogens is 1. The Morgan fingerprint density at radius 1 is 1.26 bits per heavy atom. The van der Waals surface area contributed by atoms with Crippen LogP contribution in [-0.4, -0.2) is 51.2 Å². The van der Waals surface area contributed by atoms with E-state index in [4.69, 9.17) is 22.1 Å². The number of nitrogens with one attached hydrogen (secondary N) is 1. The lowest BCUT2D eigenvalue weighted by Crippen LogP contribution is -2.24. The number of amides is 2. The number of esters is 1. The van der Waals surface area contributed by atoms with Crippen LogP contribution in [0, 0.1) is 0 Å². The summed E-state index contributed by atoms with van der Waals surface area (Å²) in [6, 6.07) is 3.62. The molecule has 3 rings (SSSR count). The molecule has 0 unspecified atom stereocenters. The number of primary amides is 1. The SMILES string of the molecule is CN(C)S(=O)(=O)c1ccc(Cl)c(C(=O)OCC(=O)Nc2sc3c(c2C(N)=O)CCC3)c1. The number of ether oxygens (including phenoxy) is 1. The second-order valence-electron chi connectivity index (χ2n) is 6.98. The van der Waals surface area contributed by atoms with Crippen molar-refractivity contribution in [3.8, 4) is 0 Å². The van der Waals surface area contributed by atoms with Gasteiger partial charge in [-0.2, -0.15) is 0 Å². The highest BCUT2D eigenvalue weighted by Crippen LogP contribution is 2.38. The van der Waals surface area contributed by atoms with Gasteiger partial charge in [-0.15, -0.1) is 11.3 Å². The van der Waals surface area contributed by atoms with Gasteiger partial charge >= 0.3 is 5.97 Å². The van der Waals surface area contributed by atoms with Crippen molar-refractivity contribution in [3.05, 3.63) is 44.8 Å². The number of nitrogens with zero attached hydrogens (tertiary/aromatic N) is 1. The van der Waals surface area contributed by atoms with E-state index in [2.05, 4.69) is 5.32 Å². The van der Waals surface area contributed by atoms with E-state index in [1.165, 1.54) is 37.6 Å². The smallest absolute Gasteiger partial charge is 0.340 e. The lowest BCUT2D eigenvalue weighted by atomic mass is 10.1. The Balaban J connectivity index is 1.71. The zero-order valence-corrected chi connectivity index (χ0v) is 19.1. The number of rotatable bonds is 7. The van der Waals surface area contributed by atoms with Crippen LogP contribution in [0.15, 0.2) is 23.1 Å². The fourth-order valence-corrected chi connectivity index (χ4v) is 5.59. The molecule has 0 saturated heterocycles. The number of anilines is 1. The molecule has 0 atom stereocenters. The summed E-state index contributed by atoms with van der Waals surface area (Å²) >= 11 is 7.28. The zero-order valence-electron chi connectivity index (χ0n) is 16.7. The molecule has 2 aromatic rings. The van der Waals surface area contributed by atoms with Gasteiger partial charge in [-0.25, -0.2) is 17.5 Å². The highest BCUT2D eigenvalue weighted by atomic mass is 35.5. The van der Waals surface area contributed by atoms with Crippen LogP contribution in [0.3, 0.4) is 0 Å². The summed E-state index contributed by atoms with van der Waals surface area (Å²) in [6.07, 6.45) is 2.46. The fraction of sp³-hybridized carbons (Fsp3) is 0.316. The quantitative estimate of drug-likeness (QED) is 0.576. The van der Waals surface area contributed by atoms with Gasteiger partial charge in [0.15, 0.2) is 6.61 Å². The highest BCUT2D eigenvalue weighted by Gasteiger charge is 2.27. The van der Waals surface area contributed by atoms with E-state index >= 15 is 0 Å². The van der Waals surface area contributed by atoms with Gasteiger partial charge in [-0.05, 0) is 43.0 Å². The maximum absolute atomic E-state index is 12.4. The van der Waals surface area contributed by atoms with Gasteiger partial charge in [-0.3, -0.25) is 9.59 Å². The Hall–Kier alpha value is -2.47. The van der Waals surface area contributed by atoms with Gasteiger partial charge in [0.1, 0.15) is 5.00 Å². The first-order chi connectivity index (χ1) is 14.5. The van der Waals surface area contributed by atoms with Crippen LogP contribution >= 0.6 is 22.9 Å². The van der Waals surface area contributed by atoms with Crippen molar-refractivity contribution >= 4 is 55.7 Å². The number of fused-ring (bicyclic) bond motifs is 1. The number of carbonyl (C=O) groups is 3. The highest BCUT2D eigenvalue weighted by molar-refractivity contribution is 7.89. The summed E-state index contributed by atoms with van der Waals surface area (Å²) in [6.45, 7) is -0.652. The van der Waals surface area contributed by atoms with E-state index in [0.717, 1.165) is 40.1 Å². The molecule has 0 spiro atoms. The average molecular weight is 486 g/mol. The van der Waals surface area contributed by atoms with Crippen molar-refractivity contribution in [2.45, 2.75) is 24.2 Å². The molecule has 2 amide bonds. The molecule has 0 bridgehead atoms. The molecule has 12 heteroatoms. The number of sulfonamides is 1. The van der Waals surface area contributed by atoms with Crippen LogP contribution in [0.5, 0.6) is 0 Å². The molecule has 3 N–H and O–H groups in total. The van der Waals surface area contributed by atoms with E-state index in [9.17, 15) is 22.8 Å². The van der Waals surface area contributed by atoms with Gasteiger partial charge in [0.2, 0.25) is 10.0 Å². The first-order valence-electron chi connectivity index (χ1n) is 9.15. The first-order valence-corrected chi connectivity index (χ1v) is 11.8. The Bertz CT molecular complexity index is 1170. The molecular formula is C19H20ClN3O6S2. The largest absolute Gasteiger partial charge is 0.452 e. The van der Waals surface area contributed by atoms with Crippen molar-refractivity contribution in [1.29, 1.82) is 0 Å². The Kier molecular flexibility index (Phi) is 6.70. The normalized spacial score (nSPS) is 13.2. The Morgan fingerprint density at radius 3 is 2.61 bits per heavy atom. The van der Waals surface area contributed by atoms with Crippen molar-refractivity contribution in [2.24, 2.45) is 5.73 Å². The third kappa shape index (κ3) is 4.74. The van der Waals surface area contributed by atoms with Crippen LogP contribution in [0.2, 0.25) is 5.02 Å². The summed E-state index contributed by atoms with van der Waals surface area (Å²) in [5.74, 6) is -2.25. The third-order valence-corrected chi connectivity index (χ3v) is 8.04. The van der Waals surface area contributed by atoms with Gasteiger partial charge in [0.25, 0.3) is 11.8 Å². The number of nitrogens with two attached hydrogens (primary N) is 1. The average Bonchev–Trinajstić information content (AvgIpc) is 3.26. The van der Waals surface area contributed by atoms with E-state index in [0.29, 0.717) is 10.6 Å². The molecule has 9 nitrogen and oxygen atoms in total. The van der Waals surface area contributed by atoms with Crippen molar-refractivity contribution < 1.29 is 27.5 Å². The second kappa shape index (κ2) is 8.95. The minimum absolute atomic E-state index is 0.0196. The molecule has 1 aromatic heterocycles. The zero-order chi connectivity index (χ0) is 22.9. The van der Waals surface area contributed by atoms with Crippen molar-refractivity contribution in [1.82, 2.24) is 4.31 Å². The Morgan fingerprint density at radius 2 is 1.97 bits per heavy atom. The predicted molar refractivity (Wildman–Crippen MR) is 116 cm³/mol. The van der Waals surface area contributed by atoms with Crippen molar-refractivity contribution in [3.63, 3.8) is 0 Å². The number of carbonyl (C=O) groups excluding carboxylic acids is 3. The van der Waals surface area contributed by atoms with Crippen LogP contribution in [-0.2, 0) is 32.4 Å². The molecule has 0 aliphatic heterocycles. The number of hydrogen-bond acceptors (Lipinski definition) is 7. The molecule has 1 aliphatic carbocycles. The standard InChI is InChI=1S/C19H20ClN3O6S2/c1-23(2)31(27,28)10-6-7-13(20)12(8-10)19(26)29-9-15(24)22-18-16(17(21)25)11-4-3-5-14(11)30-18/h6-8H,3-5,9H2,1-2H3,(H2,21,25)(H,22,24). The molecule has 0 fully saturated rings. The predicted octanol–water partition coefficient (Wildman–Crippen LogP) is 2.03. The van der Waals surface area contributed by atoms with Crippen molar-refractivity contribution in [2.75, 3.05) is 26.0 Å². The van der Waals surface area contributed by atoms with E-state index in [-0.39, 0.29) is 15.5 Å². The van der Waals surface area contributed by atoms with E-state index in [1.54, 1.807) is 0 Å². The summed E-state index contributed by atoms with van der Waals surface area (Å²) in [7, 11) is -1.08. The van der Waals surface area contributed by atoms with E-state index < -0.39 is 34.4 Å². The number of hydrogen-bond donors (Lipinski definition) is 2. The van der Waals surface area contributed by atoms with Crippen LogP contribution in [0.25, 0.3) is 0 Å². The lowest BCUT2D eigenvalue weighted by molar-refractivity contribution is -0.119. The topological polar surface area (TPSA) is 136 Å². The molecule has 31 heavy (non-hydrogen) atoms. The monoisotopic (exact) mass is 485 g/mol. The van der Waals surface area contributed by atoms with Gasteiger partial charge in [0, 0.05) is 19.0 Å². The maximum Gasteiger partial charge on any atom is 0.340 e. The van der Waals surface area contributed by atoms with Gasteiger partial charge in [-0.1, -0.05) is 11.6 Å². The molecule has 1 aromatic carbocycles. The summed E-state index contributed by atoms with van der Waals surface area (Å²) in [5, 5.41) is 2.87. The van der Waals surface area contributed by atoms with Crippen LogP contribution in [0.4, 0.5) is 5.00 Å². The number of benzene rings is 1. The number of thiophene rings is 1. The Labute approximate surface area is 188 Å². The number of aryl methyl sites for hydroxylation is 1. The summed E-state index contributed by atoms with van der Waals surface area (Å²) in [5.41, 5.74) is 6.42. The fourth-order valence-electron chi connectivity index (χ4n) is 3.16. The second-order valence-corrected chi connectivity index (χ2v) is 10.6. The minimum Gasteiger partial charge on any atom is -0.452 e. The molecule has 1 heterocycles. The lowest BCUT2D eigenvalue weighted by Gasteiger charge is -2.13. The van der Waals surface area contributed by atoms with Crippen LogP contribution < -0.4 is 11.1 Å². The third-order valence-electron chi connectivity index (χ3n) is 4.69. The molecular weight excluding hydrogens is 466 g/mol. The minimum atomic E-state index is -3.79. The maximum atomic E-state index is 12.4. The molecule has 1 aliphatic rings. The molecule has 0 radical (unpaired) electrons. The van der Waals surface area contributed by atoms with E-state index in [1.807, 2.05) is 0 Å². The summed E-state index contributed by atoms with van der Waals surface area (Å²) < 4.78 is 30.5.